The number of amides is 1. The zero-order valence-electron chi connectivity index (χ0n) is 19.9. The molecule has 5 rings (SSSR count). The lowest BCUT2D eigenvalue weighted by Gasteiger charge is -2.14. The van der Waals surface area contributed by atoms with Crippen LogP contribution in [0.25, 0.3) is 27.8 Å². The van der Waals surface area contributed by atoms with Crippen LogP contribution in [-0.2, 0) is 0 Å². The van der Waals surface area contributed by atoms with Gasteiger partial charge in [-0.2, -0.15) is 5.10 Å². The van der Waals surface area contributed by atoms with Gasteiger partial charge in [0, 0.05) is 17.0 Å². The molecule has 0 unspecified atom stereocenters. The highest BCUT2D eigenvalue weighted by Gasteiger charge is 2.19. The van der Waals surface area contributed by atoms with E-state index in [1.165, 1.54) is 12.1 Å². The molecule has 3 aromatic carbocycles. The molecule has 0 spiro atoms. The predicted molar refractivity (Wildman–Crippen MR) is 136 cm³/mol. The summed E-state index contributed by atoms with van der Waals surface area (Å²) in [5, 5.41) is 8.14. The summed E-state index contributed by atoms with van der Waals surface area (Å²) in [7, 11) is 3.10. The lowest BCUT2D eigenvalue weighted by atomic mass is 10.0. The first kappa shape index (κ1) is 23.0. The molecule has 36 heavy (non-hydrogen) atoms. The first-order valence-electron chi connectivity index (χ1n) is 11.2. The van der Waals surface area contributed by atoms with Gasteiger partial charge in [-0.25, -0.2) is 14.1 Å². The second-order valence-electron chi connectivity index (χ2n) is 8.12. The summed E-state index contributed by atoms with van der Waals surface area (Å²) in [6.07, 6.45) is 1.70. The summed E-state index contributed by atoms with van der Waals surface area (Å²) in [5.41, 5.74) is 4.51. The molecule has 0 aliphatic rings. The summed E-state index contributed by atoms with van der Waals surface area (Å²) < 4.78 is 25.8. The van der Waals surface area contributed by atoms with E-state index >= 15 is 0 Å². The van der Waals surface area contributed by atoms with Crippen LogP contribution in [0.5, 0.6) is 11.5 Å². The summed E-state index contributed by atoms with van der Waals surface area (Å²) in [6.45, 7) is 1.91. The molecule has 5 aromatic rings. The highest BCUT2D eigenvalue weighted by molar-refractivity contribution is 6.13. The highest BCUT2D eigenvalue weighted by Crippen LogP contribution is 2.32. The van der Waals surface area contributed by atoms with Crippen molar-refractivity contribution in [2.75, 3.05) is 19.5 Å². The number of methoxy groups -OCH3 is 2. The number of ether oxygens (including phenoxy) is 2. The molecular weight excluding hydrogens is 459 g/mol. The van der Waals surface area contributed by atoms with Crippen molar-refractivity contribution in [3.8, 4) is 28.4 Å². The zero-order chi connectivity index (χ0) is 25.2. The number of fused-ring (bicyclic) bond motifs is 1. The Morgan fingerprint density at radius 3 is 2.50 bits per heavy atom. The number of para-hydroxylation sites is 1. The first-order chi connectivity index (χ1) is 17.5. The van der Waals surface area contributed by atoms with E-state index in [0.717, 1.165) is 16.9 Å². The Kier molecular flexibility index (Phi) is 6.08. The Bertz CT molecular complexity index is 1580. The molecule has 0 fully saturated rings. The number of hydrogen-bond donors (Lipinski definition) is 1. The molecule has 1 amide bonds. The van der Waals surface area contributed by atoms with Gasteiger partial charge in [0.05, 0.1) is 54.3 Å². The standard InChI is InChI=1S/C28H23FN4O3/c1-17-23(16-30-33(17)19-10-8-18(29)9-11-19)25-15-22(21-6-4-5-7-24(21)31-25)28(34)32-26-14-20(35-2)12-13-27(26)36-3/h4-16H,1-3H3,(H,32,34). The molecule has 2 aromatic heterocycles. The van der Waals surface area contributed by atoms with Gasteiger partial charge in [-0.1, -0.05) is 18.2 Å². The molecule has 7 nitrogen and oxygen atoms in total. The van der Waals surface area contributed by atoms with Crippen molar-refractivity contribution < 1.29 is 18.7 Å². The number of nitrogens with zero attached hydrogens (tertiary/aromatic N) is 3. The van der Waals surface area contributed by atoms with Crippen LogP contribution in [0.3, 0.4) is 0 Å². The smallest absolute Gasteiger partial charge is 0.256 e. The second kappa shape index (κ2) is 9.50. The highest BCUT2D eigenvalue weighted by atomic mass is 19.1. The van der Waals surface area contributed by atoms with Gasteiger partial charge in [0.15, 0.2) is 0 Å². The third kappa shape index (κ3) is 4.24. The van der Waals surface area contributed by atoms with E-state index in [1.54, 1.807) is 61.5 Å². The molecule has 0 aliphatic heterocycles. The van der Waals surface area contributed by atoms with Gasteiger partial charge in [0.1, 0.15) is 17.3 Å². The van der Waals surface area contributed by atoms with Crippen LogP contribution in [0, 0.1) is 12.7 Å². The van der Waals surface area contributed by atoms with E-state index in [4.69, 9.17) is 14.5 Å². The van der Waals surface area contributed by atoms with Crippen LogP contribution < -0.4 is 14.8 Å². The van der Waals surface area contributed by atoms with Crippen LogP contribution in [0.2, 0.25) is 0 Å². The van der Waals surface area contributed by atoms with Crippen molar-refractivity contribution in [1.82, 2.24) is 14.8 Å². The van der Waals surface area contributed by atoms with Crippen molar-refractivity contribution in [2.24, 2.45) is 0 Å². The average molecular weight is 483 g/mol. The Labute approximate surface area is 207 Å². The summed E-state index contributed by atoms with van der Waals surface area (Å²) >= 11 is 0. The molecule has 1 N–H and O–H groups in total. The fourth-order valence-electron chi connectivity index (χ4n) is 4.11. The van der Waals surface area contributed by atoms with E-state index in [1.807, 2.05) is 31.2 Å². The van der Waals surface area contributed by atoms with E-state index in [2.05, 4.69) is 10.4 Å². The minimum atomic E-state index is -0.316. The summed E-state index contributed by atoms with van der Waals surface area (Å²) in [6, 6.07) is 20.5. The van der Waals surface area contributed by atoms with E-state index < -0.39 is 0 Å². The topological polar surface area (TPSA) is 78.3 Å². The molecule has 0 radical (unpaired) electrons. The largest absolute Gasteiger partial charge is 0.497 e. The number of anilines is 1. The van der Waals surface area contributed by atoms with Crippen molar-refractivity contribution in [2.45, 2.75) is 6.92 Å². The molecule has 180 valence electrons. The Balaban J connectivity index is 1.58. The SMILES string of the molecule is COc1ccc(OC)c(NC(=O)c2cc(-c3cnn(-c4ccc(F)cc4)c3C)nc3ccccc23)c1. The van der Waals surface area contributed by atoms with E-state index in [9.17, 15) is 9.18 Å². The molecule has 8 heteroatoms. The minimum absolute atomic E-state index is 0.315. The quantitative estimate of drug-likeness (QED) is 0.331. The molecule has 0 atom stereocenters. The lowest BCUT2D eigenvalue weighted by molar-refractivity contribution is 0.102. The van der Waals surface area contributed by atoms with Crippen LogP contribution in [0.15, 0.2) is 79.0 Å². The molecule has 0 aliphatic carbocycles. The third-order valence-electron chi connectivity index (χ3n) is 5.97. The number of hydrogen-bond acceptors (Lipinski definition) is 5. The van der Waals surface area contributed by atoms with Gasteiger partial charge in [0.25, 0.3) is 5.91 Å². The maximum absolute atomic E-state index is 13.5. The third-order valence-corrected chi connectivity index (χ3v) is 5.97. The number of aromatic nitrogens is 3. The van der Waals surface area contributed by atoms with Crippen molar-refractivity contribution >= 4 is 22.5 Å². The minimum Gasteiger partial charge on any atom is -0.497 e. The van der Waals surface area contributed by atoms with Gasteiger partial charge in [-0.3, -0.25) is 4.79 Å². The Hall–Kier alpha value is -4.72. The van der Waals surface area contributed by atoms with E-state index in [-0.39, 0.29) is 11.7 Å². The monoisotopic (exact) mass is 482 g/mol. The maximum Gasteiger partial charge on any atom is 0.256 e. The van der Waals surface area contributed by atoms with Gasteiger partial charge in [-0.15, -0.1) is 0 Å². The van der Waals surface area contributed by atoms with Crippen molar-refractivity contribution in [1.29, 1.82) is 0 Å². The molecule has 0 saturated heterocycles. The summed E-state index contributed by atoms with van der Waals surface area (Å²) in [4.78, 5) is 18.3. The summed E-state index contributed by atoms with van der Waals surface area (Å²) in [5.74, 6) is 0.475. The fraction of sp³-hybridized carbons (Fsp3) is 0.107. The number of carbonyl (C=O) groups is 1. The van der Waals surface area contributed by atoms with Crippen LogP contribution in [0.1, 0.15) is 16.1 Å². The molecule has 0 saturated carbocycles. The number of rotatable bonds is 6. The average Bonchev–Trinajstić information content (AvgIpc) is 3.29. The second-order valence-corrected chi connectivity index (χ2v) is 8.12. The lowest BCUT2D eigenvalue weighted by Crippen LogP contribution is -2.14. The molecule has 0 bridgehead atoms. The van der Waals surface area contributed by atoms with Gasteiger partial charge >= 0.3 is 0 Å². The van der Waals surface area contributed by atoms with Crippen molar-refractivity contribution in [3.05, 3.63) is 96.1 Å². The Morgan fingerprint density at radius 1 is 0.972 bits per heavy atom. The van der Waals surface area contributed by atoms with Gasteiger partial charge in [0.2, 0.25) is 0 Å². The zero-order valence-corrected chi connectivity index (χ0v) is 19.9. The van der Waals surface area contributed by atoms with Crippen LogP contribution >= 0.6 is 0 Å². The normalized spacial score (nSPS) is 10.9. The number of halogens is 1. The van der Waals surface area contributed by atoms with Crippen molar-refractivity contribution in [3.63, 3.8) is 0 Å². The van der Waals surface area contributed by atoms with Crippen LogP contribution in [0.4, 0.5) is 10.1 Å². The van der Waals surface area contributed by atoms with E-state index in [0.29, 0.717) is 39.3 Å². The number of benzene rings is 3. The first-order valence-corrected chi connectivity index (χ1v) is 11.2. The molecule has 2 heterocycles. The Morgan fingerprint density at radius 2 is 1.75 bits per heavy atom. The number of nitrogens with one attached hydrogen (secondary N) is 1. The maximum atomic E-state index is 13.5. The van der Waals surface area contributed by atoms with Crippen LogP contribution in [-0.4, -0.2) is 34.9 Å². The number of carbonyl (C=O) groups excluding carboxylic acids is 1. The molecular formula is C28H23FN4O3. The van der Waals surface area contributed by atoms with Gasteiger partial charge < -0.3 is 14.8 Å². The fourth-order valence-corrected chi connectivity index (χ4v) is 4.11. The predicted octanol–water partition coefficient (Wildman–Crippen LogP) is 5.80. The number of pyridine rings is 1. The van der Waals surface area contributed by atoms with Gasteiger partial charge in [-0.05, 0) is 55.5 Å².